The highest BCUT2D eigenvalue weighted by atomic mass is 16.5. The average Bonchev–Trinajstić information content (AvgIpc) is 3.11. The number of likely N-dealkylation sites (tertiary alicyclic amines) is 1. The second-order valence-electron chi connectivity index (χ2n) is 6.67. The molecule has 1 aliphatic heterocycles. The zero-order valence-corrected chi connectivity index (χ0v) is 14.8. The van der Waals surface area contributed by atoms with E-state index in [9.17, 15) is 4.79 Å². The van der Waals surface area contributed by atoms with E-state index < -0.39 is 0 Å². The lowest BCUT2D eigenvalue weighted by molar-refractivity contribution is 0.0569. The van der Waals surface area contributed by atoms with Crippen molar-refractivity contribution in [1.29, 1.82) is 0 Å². The van der Waals surface area contributed by atoms with Crippen LogP contribution < -0.4 is 4.90 Å². The molecule has 0 bridgehead atoms. The first-order valence-electron chi connectivity index (χ1n) is 8.57. The quantitative estimate of drug-likeness (QED) is 0.725. The van der Waals surface area contributed by atoms with Crippen LogP contribution in [0.4, 0.5) is 5.69 Å². The van der Waals surface area contributed by atoms with Crippen molar-refractivity contribution in [2.24, 2.45) is 0 Å². The van der Waals surface area contributed by atoms with Gasteiger partial charge in [0.15, 0.2) is 0 Å². The summed E-state index contributed by atoms with van der Waals surface area (Å²) in [7, 11) is 3.95. The molecule has 0 unspecified atom stereocenters. The van der Waals surface area contributed by atoms with Gasteiger partial charge in [0.05, 0.1) is 5.92 Å². The first kappa shape index (κ1) is 16.3. The molecule has 3 aromatic rings. The topological polar surface area (TPSA) is 62.5 Å². The molecule has 1 saturated heterocycles. The standard InChI is InChI=1S/C20H20N4O2/c1-23(2)17-10-8-15(9-11-17)20(25)24-12-16(13-24)19-21-18(22-26-19)14-6-4-3-5-7-14/h3-11,16H,12-13H2,1-2H3. The number of carbonyl (C=O) groups is 1. The van der Waals surface area contributed by atoms with Crippen LogP contribution in [-0.2, 0) is 0 Å². The Morgan fingerprint density at radius 2 is 1.77 bits per heavy atom. The Balaban J connectivity index is 1.39. The Kier molecular flexibility index (Phi) is 4.16. The molecular formula is C20H20N4O2. The number of rotatable bonds is 4. The Hall–Kier alpha value is -3.15. The van der Waals surface area contributed by atoms with E-state index >= 15 is 0 Å². The van der Waals surface area contributed by atoms with Crippen molar-refractivity contribution in [3.63, 3.8) is 0 Å². The van der Waals surface area contributed by atoms with Crippen LogP contribution in [0.15, 0.2) is 59.1 Å². The molecule has 0 N–H and O–H groups in total. The molecule has 132 valence electrons. The van der Waals surface area contributed by atoms with Gasteiger partial charge < -0.3 is 14.3 Å². The number of hydrogen-bond donors (Lipinski definition) is 0. The molecule has 1 aliphatic rings. The van der Waals surface area contributed by atoms with E-state index in [1.165, 1.54) is 0 Å². The van der Waals surface area contributed by atoms with Gasteiger partial charge in [0.25, 0.3) is 5.91 Å². The van der Waals surface area contributed by atoms with Crippen LogP contribution in [0.5, 0.6) is 0 Å². The summed E-state index contributed by atoms with van der Waals surface area (Å²) in [4.78, 5) is 20.9. The Bertz CT molecular complexity index is 897. The number of anilines is 1. The van der Waals surface area contributed by atoms with E-state index in [1.807, 2.05) is 78.5 Å². The summed E-state index contributed by atoms with van der Waals surface area (Å²) >= 11 is 0. The number of amides is 1. The smallest absolute Gasteiger partial charge is 0.253 e. The summed E-state index contributed by atoms with van der Waals surface area (Å²) in [6.45, 7) is 1.20. The maximum absolute atomic E-state index is 12.6. The third-order valence-electron chi connectivity index (χ3n) is 4.62. The highest BCUT2D eigenvalue weighted by molar-refractivity contribution is 5.95. The summed E-state index contributed by atoms with van der Waals surface area (Å²) < 4.78 is 5.39. The Morgan fingerprint density at radius 3 is 2.42 bits per heavy atom. The van der Waals surface area contributed by atoms with Gasteiger partial charge in [-0.1, -0.05) is 35.5 Å². The van der Waals surface area contributed by atoms with E-state index in [2.05, 4.69) is 10.1 Å². The van der Waals surface area contributed by atoms with Gasteiger partial charge in [-0.15, -0.1) is 0 Å². The molecule has 4 rings (SSSR count). The van der Waals surface area contributed by atoms with Crippen molar-refractivity contribution >= 4 is 11.6 Å². The van der Waals surface area contributed by atoms with Gasteiger partial charge in [-0.05, 0) is 24.3 Å². The second-order valence-corrected chi connectivity index (χ2v) is 6.67. The van der Waals surface area contributed by atoms with Crippen molar-refractivity contribution < 1.29 is 9.32 Å². The molecule has 0 spiro atoms. The van der Waals surface area contributed by atoms with Crippen molar-refractivity contribution in [3.8, 4) is 11.4 Å². The number of benzene rings is 2. The summed E-state index contributed by atoms with van der Waals surface area (Å²) in [6, 6.07) is 17.4. The number of hydrogen-bond acceptors (Lipinski definition) is 5. The first-order valence-corrected chi connectivity index (χ1v) is 8.57. The minimum Gasteiger partial charge on any atom is -0.378 e. The zero-order chi connectivity index (χ0) is 18.1. The fraction of sp³-hybridized carbons (Fsp3) is 0.250. The maximum Gasteiger partial charge on any atom is 0.253 e. The van der Waals surface area contributed by atoms with Crippen LogP contribution in [-0.4, -0.2) is 48.1 Å². The molecular weight excluding hydrogens is 328 g/mol. The fourth-order valence-corrected chi connectivity index (χ4v) is 2.99. The first-order chi connectivity index (χ1) is 12.6. The van der Waals surface area contributed by atoms with Crippen LogP contribution in [0.3, 0.4) is 0 Å². The fourth-order valence-electron chi connectivity index (χ4n) is 2.99. The van der Waals surface area contributed by atoms with Crippen molar-refractivity contribution in [2.45, 2.75) is 5.92 Å². The maximum atomic E-state index is 12.6. The normalized spacial score (nSPS) is 14.2. The average molecular weight is 348 g/mol. The minimum atomic E-state index is 0.0364. The molecule has 26 heavy (non-hydrogen) atoms. The summed E-state index contributed by atoms with van der Waals surface area (Å²) in [5.74, 6) is 1.32. The van der Waals surface area contributed by atoms with Crippen LogP contribution >= 0.6 is 0 Å². The van der Waals surface area contributed by atoms with Crippen molar-refractivity contribution in [3.05, 3.63) is 66.1 Å². The highest BCUT2D eigenvalue weighted by Gasteiger charge is 2.36. The lowest BCUT2D eigenvalue weighted by Crippen LogP contribution is -2.48. The Morgan fingerprint density at radius 1 is 1.08 bits per heavy atom. The molecule has 6 heteroatoms. The molecule has 2 aromatic carbocycles. The van der Waals surface area contributed by atoms with Gasteiger partial charge in [0, 0.05) is 44.0 Å². The summed E-state index contributed by atoms with van der Waals surface area (Å²) in [5.41, 5.74) is 2.70. The monoisotopic (exact) mass is 348 g/mol. The van der Waals surface area contributed by atoms with Gasteiger partial charge in [-0.3, -0.25) is 4.79 Å². The third kappa shape index (κ3) is 3.06. The third-order valence-corrected chi connectivity index (χ3v) is 4.62. The number of aromatic nitrogens is 2. The predicted octanol–water partition coefficient (Wildman–Crippen LogP) is 3.04. The molecule has 6 nitrogen and oxygen atoms in total. The number of nitrogens with zero attached hydrogens (tertiary/aromatic N) is 4. The molecule has 0 atom stereocenters. The van der Waals surface area contributed by atoms with Gasteiger partial charge >= 0.3 is 0 Å². The van der Waals surface area contributed by atoms with Gasteiger partial charge in [0.1, 0.15) is 0 Å². The zero-order valence-electron chi connectivity index (χ0n) is 14.8. The van der Waals surface area contributed by atoms with E-state index in [0.717, 1.165) is 11.3 Å². The number of carbonyl (C=O) groups excluding carboxylic acids is 1. The van der Waals surface area contributed by atoms with E-state index in [-0.39, 0.29) is 11.8 Å². The van der Waals surface area contributed by atoms with E-state index in [1.54, 1.807) is 0 Å². The lowest BCUT2D eigenvalue weighted by Gasteiger charge is -2.37. The predicted molar refractivity (Wildman–Crippen MR) is 99.1 cm³/mol. The summed E-state index contributed by atoms with van der Waals surface area (Å²) in [5, 5.41) is 4.05. The molecule has 1 fully saturated rings. The van der Waals surface area contributed by atoms with Gasteiger partial charge in [-0.25, -0.2) is 0 Å². The lowest BCUT2D eigenvalue weighted by atomic mass is 9.98. The van der Waals surface area contributed by atoms with E-state index in [4.69, 9.17) is 4.52 Å². The van der Waals surface area contributed by atoms with Crippen LogP contribution in [0.1, 0.15) is 22.2 Å². The van der Waals surface area contributed by atoms with Crippen LogP contribution in [0.2, 0.25) is 0 Å². The molecule has 1 aromatic heterocycles. The minimum absolute atomic E-state index is 0.0364. The largest absolute Gasteiger partial charge is 0.378 e. The second kappa shape index (κ2) is 6.63. The molecule has 1 amide bonds. The molecule has 2 heterocycles. The Labute approximate surface area is 152 Å². The van der Waals surface area contributed by atoms with Crippen molar-refractivity contribution in [2.75, 3.05) is 32.1 Å². The van der Waals surface area contributed by atoms with E-state index in [0.29, 0.717) is 30.4 Å². The van der Waals surface area contributed by atoms with Gasteiger partial charge in [-0.2, -0.15) is 4.98 Å². The van der Waals surface area contributed by atoms with Gasteiger partial charge in [0.2, 0.25) is 11.7 Å². The summed E-state index contributed by atoms with van der Waals surface area (Å²) in [6.07, 6.45) is 0. The van der Waals surface area contributed by atoms with Crippen LogP contribution in [0, 0.1) is 0 Å². The molecule has 0 saturated carbocycles. The van der Waals surface area contributed by atoms with Crippen molar-refractivity contribution in [1.82, 2.24) is 15.0 Å². The van der Waals surface area contributed by atoms with Crippen LogP contribution in [0.25, 0.3) is 11.4 Å². The molecule has 0 radical (unpaired) electrons. The SMILES string of the molecule is CN(C)c1ccc(C(=O)N2CC(c3nc(-c4ccccc4)no3)C2)cc1. The molecule has 0 aliphatic carbocycles. The highest BCUT2D eigenvalue weighted by Crippen LogP contribution is 2.29.